The van der Waals surface area contributed by atoms with Crippen molar-refractivity contribution >= 4 is 11.6 Å². The third-order valence-electron chi connectivity index (χ3n) is 2.05. The van der Waals surface area contributed by atoms with Crippen molar-refractivity contribution in [1.82, 2.24) is 15.2 Å². The van der Waals surface area contributed by atoms with Gasteiger partial charge in [-0.3, -0.25) is 15.2 Å². The van der Waals surface area contributed by atoms with E-state index < -0.39 is 4.92 Å². The fraction of sp³-hybridized carbons (Fsp3) is 0.111. The fourth-order valence-corrected chi connectivity index (χ4v) is 1.41. The Morgan fingerprint density at radius 3 is 2.75 bits per heavy atom. The molecule has 0 aliphatic rings. The molecule has 1 heterocycles. The number of hydrogen-bond donors (Lipinski definition) is 2. The normalized spacial score (nSPS) is 10.3. The maximum absolute atomic E-state index is 10.7. The molecule has 7 nitrogen and oxygen atoms in total. The Labute approximate surface area is 90.5 Å². The van der Waals surface area contributed by atoms with Crippen LogP contribution in [0.3, 0.4) is 0 Å². The zero-order valence-corrected chi connectivity index (χ0v) is 8.47. The molecule has 2 aromatic rings. The SMILES string of the molecule is Cc1cc(-c2nc(N)n[nH]2)cc([N+](=O)[O-])c1. The van der Waals surface area contributed by atoms with Gasteiger partial charge >= 0.3 is 0 Å². The first kappa shape index (κ1) is 10.1. The van der Waals surface area contributed by atoms with Gasteiger partial charge in [-0.1, -0.05) is 0 Å². The Bertz CT molecular complexity index is 549. The largest absolute Gasteiger partial charge is 0.366 e. The molecule has 0 atom stereocenters. The summed E-state index contributed by atoms with van der Waals surface area (Å²) in [5, 5.41) is 17.0. The number of nitrogen functional groups attached to an aromatic ring is 1. The first-order valence-electron chi connectivity index (χ1n) is 4.50. The molecule has 0 aliphatic carbocycles. The van der Waals surface area contributed by atoms with Crippen molar-refractivity contribution in [3.05, 3.63) is 33.9 Å². The maximum Gasteiger partial charge on any atom is 0.270 e. The van der Waals surface area contributed by atoms with Gasteiger partial charge in [-0.05, 0) is 18.6 Å². The third kappa shape index (κ3) is 1.83. The van der Waals surface area contributed by atoms with Gasteiger partial charge < -0.3 is 5.73 Å². The van der Waals surface area contributed by atoms with Gasteiger partial charge in [-0.15, -0.1) is 5.10 Å². The lowest BCUT2D eigenvalue weighted by molar-refractivity contribution is -0.384. The second-order valence-corrected chi connectivity index (χ2v) is 3.36. The number of aromatic amines is 1. The average molecular weight is 219 g/mol. The molecule has 7 heteroatoms. The first-order valence-corrected chi connectivity index (χ1v) is 4.50. The van der Waals surface area contributed by atoms with Gasteiger partial charge in [-0.25, -0.2) is 0 Å². The van der Waals surface area contributed by atoms with E-state index in [1.807, 2.05) is 0 Å². The molecule has 0 fully saturated rings. The molecule has 0 spiro atoms. The number of aromatic nitrogens is 3. The highest BCUT2D eigenvalue weighted by atomic mass is 16.6. The first-order chi connectivity index (χ1) is 7.56. The van der Waals surface area contributed by atoms with Gasteiger partial charge in [0.2, 0.25) is 5.95 Å². The van der Waals surface area contributed by atoms with E-state index in [1.54, 1.807) is 13.0 Å². The van der Waals surface area contributed by atoms with Crippen LogP contribution in [0.5, 0.6) is 0 Å². The summed E-state index contributed by atoms with van der Waals surface area (Å²) in [5.74, 6) is 0.531. The van der Waals surface area contributed by atoms with Crippen molar-refractivity contribution in [2.75, 3.05) is 5.73 Å². The van der Waals surface area contributed by atoms with E-state index in [0.29, 0.717) is 11.4 Å². The molecule has 0 aliphatic heterocycles. The van der Waals surface area contributed by atoms with Crippen LogP contribution in [0, 0.1) is 17.0 Å². The van der Waals surface area contributed by atoms with Gasteiger partial charge in [0, 0.05) is 17.7 Å². The Morgan fingerprint density at radius 1 is 1.44 bits per heavy atom. The highest BCUT2D eigenvalue weighted by Crippen LogP contribution is 2.23. The number of nitro groups is 1. The predicted octanol–water partition coefficient (Wildman–Crippen LogP) is 1.27. The molecule has 0 saturated heterocycles. The Kier molecular flexibility index (Phi) is 2.28. The van der Waals surface area contributed by atoms with Crippen molar-refractivity contribution in [2.24, 2.45) is 0 Å². The smallest absolute Gasteiger partial charge is 0.270 e. The Hall–Kier alpha value is -2.44. The van der Waals surface area contributed by atoms with Crippen LogP contribution in [0.25, 0.3) is 11.4 Å². The number of rotatable bonds is 2. The van der Waals surface area contributed by atoms with Gasteiger partial charge in [0.25, 0.3) is 5.69 Å². The van der Waals surface area contributed by atoms with E-state index in [1.165, 1.54) is 12.1 Å². The van der Waals surface area contributed by atoms with E-state index >= 15 is 0 Å². The minimum absolute atomic E-state index is 0.0185. The lowest BCUT2D eigenvalue weighted by atomic mass is 10.1. The summed E-state index contributed by atoms with van der Waals surface area (Å²) in [6, 6.07) is 4.68. The highest BCUT2D eigenvalue weighted by molar-refractivity contribution is 5.61. The van der Waals surface area contributed by atoms with E-state index in [0.717, 1.165) is 5.56 Å². The summed E-state index contributed by atoms with van der Waals surface area (Å²) in [4.78, 5) is 14.1. The van der Waals surface area contributed by atoms with Crippen molar-refractivity contribution in [3.63, 3.8) is 0 Å². The van der Waals surface area contributed by atoms with Crippen LogP contribution in [-0.2, 0) is 0 Å². The number of benzene rings is 1. The lowest BCUT2D eigenvalue weighted by Crippen LogP contribution is -1.91. The van der Waals surface area contributed by atoms with E-state index in [-0.39, 0.29) is 11.6 Å². The number of non-ortho nitro benzene ring substituents is 1. The number of H-pyrrole nitrogens is 1. The standard InChI is InChI=1S/C9H9N5O2/c1-5-2-6(4-7(3-5)14(15)16)8-11-9(10)13-12-8/h2-4H,1H3,(H3,10,11,12,13). The van der Waals surface area contributed by atoms with Gasteiger partial charge in [0.1, 0.15) is 0 Å². The molecular formula is C9H9N5O2. The lowest BCUT2D eigenvalue weighted by Gasteiger charge is -1.99. The van der Waals surface area contributed by atoms with E-state index in [2.05, 4.69) is 15.2 Å². The van der Waals surface area contributed by atoms with E-state index in [4.69, 9.17) is 5.73 Å². The van der Waals surface area contributed by atoms with Crippen LogP contribution in [0.2, 0.25) is 0 Å². The number of nitro benzene ring substituents is 1. The molecule has 1 aromatic heterocycles. The summed E-state index contributed by atoms with van der Waals surface area (Å²) < 4.78 is 0. The molecule has 3 N–H and O–H groups in total. The van der Waals surface area contributed by atoms with Crippen LogP contribution in [0.1, 0.15) is 5.56 Å². The highest BCUT2D eigenvalue weighted by Gasteiger charge is 2.11. The molecule has 2 rings (SSSR count). The minimum atomic E-state index is -0.448. The molecule has 1 aromatic carbocycles. The summed E-state index contributed by atoms with van der Waals surface area (Å²) >= 11 is 0. The Morgan fingerprint density at radius 2 is 2.19 bits per heavy atom. The van der Waals surface area contributed by atoms with Gasteiger partial charge in [0.05, 0.1) is 4.92 Å². The number of nitrogens with one attached hydrogen (secondary N) is 1. The average Bonchev–Trinajstić information content (AvgIpc) is 2.64. The topological polar surface area (TPSA) is 111 Å². The molecular weight excluding hydrogens is 210 g/mol. The summed E-state index contributed by atoms with van der Waals surface area (Å²) in [7, 11) is 0. The van der Waals surface area contributed by atoms with Gasteiger partial charge in [0.15, 0.2) is 5.82 Å². The van der Waals surface area contributed by atoms with Crippen molar-refractivity contribution in [3.8, 4) is 11.4 Å². The zero-order chi connectivity index (χ0) is 11.7. The zero-order valence-electron chi connectivity index (χ0n) is 8.47. The molecule has 82 valence electrons. The fourth-order valence-electron chi connectivity index (χ4n) is 1.41. The number of nitrogens with zero attached hydrogens (tertiary/aromatic N) is 3. The number of aryl methyl sites for hydroxylation is 1. The maximum atomic E-state index is 10.7. The molecule has 0 saturated carbocycles. The van der Waals surface area contributed by atoms with E-state index in [9.17, 15) is 10.1 Å². The van der Waals surface area contributed by atoms with Crippen molar-refractivity contribution in [2.45, 2.75) is 6.92 Å². The predicted molar refractivity (Wildman–Crippen MR) is 57.6 cm³/mol. The number of nitrogens with two attached hydrogens (primary N) is 1. The monoisotopic (exact) mass is 219 g/mol. The second-order valence-electron chi connectivity index (χ2n) is 3.36. The van der Waals surface area contributed by atoms with Crippen molar-refractivity contribution < 1.29 is 4.92 Å². The molecule has 0 bridgehead atoms. The molecule has 16 heavy (non-hydrogen) atoms. The molecule has 0 amide bonds. The number of hydrogen-bond acceptors (Lipinski definition) is 5. The molecule has 0 unspecified atom stereocenters. The Balaban J connectivity index is 2.53. The van der Waals surface area contributed by atoms with Gasteiger partial charge in [-0.2, -0.15) is 4.98 Å². The third-order valence-corrected chi connectivity index (χ3v) is 2.05. The van der Waals surface area contributed by atoms with Crippen LogP contribution >= 0.6 is 0 Å². The summed E-state index contributed by atoms with van der Waals surface area (Å²) in [5.41, 5.74) is 6.75. The van der Waals surface area contributed by atoms with Crippen LogP contribution in [0.15, 0.2) is 18.2 Å². The summed E-state index contributed by atoms with van der Waals surface area (Å²) in [6.07, 6.45) is 0. The summed E-state index contributed by atoms with van der Waals surface area (Å²) in [6.45, 7) is 1.77. The minimum Gasteiger partial charge on any atom is -0.366 e. The molecule has 0 radical (unpaired) electrons. The quantitative estimate of drug-likeness (QED) is 0.583. The van der Waals surface area contributed by atoms with Crippen LogP contribution < -0.4 is 5.73 Å². The van der Waals surface area contributed by atoms with Crippen LogP contribution in [0.4, 0.5) is 11.6 Å². The van der Waals surface area contributed by atoms with Crippen LogP contribution in [-0.4, -0.2) is 20.1 Å². The second kappa shape index (κ2) is 3.61. The number of anilines is 1. The van der Waals surface area contributed by atoms with Crippen molar-refractivity contribution in [1.29, 1.82) is 0 Å².